The molecule has 3 aliphatic rings. The SMILES string of the molecule is CC/C=C/CC/C=C/CC/C=C/C(O)C(COC1OC(CO)C(OC2OC(CO)C(OC3OC(CO)C(O)C(O)C3O)C(O)C2O)C(O)C1O)NC(=O)CCCCCCCCCCCCCCC. The summed E-state index contributed by atoms with van der Waals surface area (Å²) in [6, 6.07) is -0.989. The third-order valence-corrected chi connectivity index (χ3v) is 12.7. The van der Waals surface area contributed by atoms with Crippen molar-refractivity contribution >= 4 is 5.91 Å². The molecule has 3 saturated heterocycles. The smallest absolute Gasteiger partial charge is 0.220 e. The van der Waals surface area contributed by atoms with Gasteiger partial charge in [-0.05, 0) is 38.5 Å². The first-order valence-electron chi connectivity index (χ1n) is 25.2. The maximum Gasteiger partial charge on any atom is 0.220 e. The lowest BCUT2D eigenvalue weighted by molar-refractivity contribution is -0.379. The molecule has 12 N–H and O–H groups in total. The van der Waals surface area contributed by atoms with Crippen molar-refractivity contribution in [2.45, 2.75) is 240 Å². The first-order valence-corrected chi connectivity index (χ1v) is 25.2. The molecule has 3 rings (SSSR count). The molecule has 0 spiro atoms. The molecule has 0 aromatic rings. The number of unbranched alkanes of at least 4 members (excludes halogenated alkanes) is 14. The van der Waals surface area contributed by atoms with E-state index in [4.69, 9.17) is 28.4 Å². The first kappa shape index (κ1) is 60.3. The lowest BCUT2D eigenvalue weighted by atomic mass is 9.96. The highest BCUT2D eigenvalue weighted by atomic mass is 16.8. The van der Waals surface area contributed by atoms with Crippen molar-refractivity contribution in [1.82, 2.24) is 5.32 Å². The van der Waals surface area contributed by atoms with E-state index in [0.29, 0.717) is 12.8 Å². The minimum absolute atomic E-state index is 0.233. The fourth-order valence-corrected chi connectivity index (χ4v) is 8.46. The number of nitrogens with one attached hydrogen (secondary N) is 1. The summed E-state index contributed by atoms with van der Waals surface area (Å²) < 4.78 is 34.0. The highest BCUT2D eigenvalue weighted by Gasteiger charge is 2.53. The molecule has 396 valence electrons. The summed E-state index contributed by atoms with van der Waals surface area (Å²) in [6.07, 6.45) is 4.59. The van der Waals surface area contributed by atoms with Gasteiger partial charge in [-0.2, -0.15) is 0 Å². The fourth-order valence-electron chi connectivity index (χ4n) is 8.46. The van der Waals surface area contributed by atoms with Gasteiger partial charge in [0.2, 0.25) is 5.91 Å². The van der Waals surface area contributed by atoms with Gasteiger partial charge >= 0.3 is 0 Å². The Balaban J connectivity index is 1.58. The summed E-state index contributed by atoms with van der Waals surface area (Å²) in [5, 5.41) is 119. The van der Waals surface area contributed by atoms with E-state index >= 15 is 0 Å². The van der Waals surface area contributed by atoms with Gasteiger partial charge in [0, 0.05) is 6.42 Å². The largest absolute Gasteiger partial charge is 0.394 e. The Labute approximate surface area is 402 Å². The number of carbonyl (C=O) groups is 1. The molecular formula is C49H87NO18. The fraction of sp³-hybridized carbons (Fsp3) is 0.857. The highest BCUT2D eigenvalue weighted by Crippen LogP contribution is 2.33. The number of aliphatic hydroxyl groups excluding tert-OH is 11. The van der Waals surface area contributed by atoms with Crippen LogP contribution in [0.25, 0.3) is 0 Å². The summed E-state index contributed by atoms with van der Waals surface area (Å²) in [6.45, 7) is 1.51. The van der Waals surface area contributed by atoms with Crippen LogP contribution in [-0.2, 0) is 33.2 Å². The van der Waals surface area contributed by atoms with Gasteiger partial charge in [0.25, 0.3) is 0 Å². The molecule has 1 amide bonds. The second kappa shape index (κ2) is 34.4. The molecule has 0 bridgehead atoms. The zero-order chi connectivity index (χ0) is 49.8. The molecule has 0 aromatic carbocycles. The first-order chi connectivity index (χ1) is 32.8. The maximum absolute atomic E-state index is 13.2. The molecule has 3 aliphatic heterocycles. The van der Waals surface area contributed by atoms with Crippen LogP contribution in [0.4, 0.5) is 0 Å². The molecule has 0 aromatic heterocycles. The van der Waals surface area contributed by atoms with Gasteiger partial charge in [0.1, 0.15) is 73.2 Å². The average Bonchev–Trinajstić information content (AvgIpc) is 3.33. The second-order valence-electron chi connectivity index (χ2n) is 18.2. The van der Waals surface area contributed by atoms with Crippen molar-refractivity contribution in [3.05, 3.63) is 36.5 Å². The van der Waals surface area contributed by atoms with Gasteiger partial charge in [-0.3, -0.25) is 4.79 Å². The Morgan fingerprint density at radius 3 is 1.46 bits per heavy atom. The van der Waals surface area contributed by atoms with Crippen LogP contribution < -0.4 is 5.32 Å². The summed E-state index contributed by atoms with van der Waals surface area (Å²) in [4.78, 5) is 13.2. The normalized spacial score (nSPS) is 33.5. The zero-order valence-electron chi connectivity index (χ0n) is 40.3. The van der Waals surface area contributed by atoms with Crippen LogP contribution in [0.3, 0.4) is 0 Å². The van der Waals surface area contributed by atoms with Crippen LogP contribution >= 0.6 is 0 Å². The minimum atomic E-state index is -1.98. The quantitative estimate of drug-likeness (QED) is 0.0321. The van der Waals surface area contributed by atoms with Gasteiger partial charge < -0.3 is 89.9 Å². The number of hydrogen-bond acceptors (Lipinski definition) is 18. The Morgan fingerprint density at radius 2 is 0.956 bits per heavy atom. The van der Waals surface area contributed by atoms with E-state index in [1.54, 1.807) is 12.2 Å². The molecule has 68 heavy (non-hydrogen) atoms. The molecule has 17 unspecified atom stereocenters. The van der Waals surface area contributed by atoms with Crippen LogP contribution in [0, 0.1) is 0 Å². The van der Waals surface area contributed by atoms with Gasteiger partial charge in [0.15, 0.2) is 18.9 Å². The zero-order valence-corrected chi connectivity index (χ0v) is 40.3. The monoisotopic (exact) mass is 978 g/mol. The number of ether oxygens (including phenoxy) is 6. The highest BCUT2D eigenvalue weighted by molar-refractivity contribution is 5.76. The average molecular weight is 978 g/mol. The third-order valence-electron chi connectivity index (χ3n) is 12.7. The van der Waals surface area contributed by atoms with Crippen molar-refractivity contribution in [3.63, 3.8) is 0 Å². The van der Waals surface area contributed by atoms with Crippen molar-refractivity contribution in [3.8, 4) is 0 Å². The molecule has 17 atom stereocenters. The molecule has 0 radical (unpaired) electrons. The third kappa shape index (κ3) is 20.3. The van der Waals surface area contributed by atoms with E-state index in [2.05, 4.69) is 43.5 Å². The molecule has 0 saturated carbocycles. The Bertz CT molecular complexity index is 1400. The number of amides is 1. The van der Waals surface area contributed by atoms with E-state index in [1.807, 2.05) is 0 Å². The van der Waals surface area contributed by atoms with Crippen LogP contribution in [0.2, 0.25) is 0 Å². The summed E-state index contributed by atoms with van der Waals surface area (Å²) in [5.41, 5.74) is 0. The van der Waals surface area contributed by atoms with Crippen molar-refractivity contribution in [2.75, 3.05) is 26.4 Å². The number of aliphatic hydroxyl groups is 11. The minimum Gasteiger partial charge on any atom is -0.394 e. The van der Waals surface area contributed by atoms with E-state index in [1.165, 1.54) is 57.8 Å². The van der Waals surface area contributed by atoms with Crippen LogP contribution in [0.5, 0.6) is 0 Å². The number of hydrogen-bond donors (Lipinski definition) is 12. The van der Waals surface area contributed by atoms with Crippen molar-refractivity contribution in [2.24, 2.45) is 0 Å². The van der Waals surface area contributed by atoms with E-state index in [-0.39, 0.29) is 18.9 Å². The molecule has 3 heterocycles. The Kier molecular flexibility index (Phi) is 30.5. The second-order valence-corrected chi connectivity index (χ2v) is 18.2. The van der Waals surface area contributed by atoms with E-state index in [0.717, 1.165) is 44.9 Å². The summed E-state index contributed by atoms with van der Waals surface area (Å²) in [5.74, 6) is -0.295. The standard InChI is InChI=1S/C49H87NO18/c1-3-5-7-9-11-13-15-16-17-19-21-23-25-27-37(55)50-32(33(54)26-24-22-20-18-14-12-10-8-6-4-2)31-63-47-43(61)40(58)45(35(29-52)65-47)68-49-44(62)41(59)46(36(30-53)66-49)67-48-42(60)39(57)38(56)34(28-51)64-48/h6,8,14,18,24,26,32-36,38-49,51-54,56-62H,3-5,7,9-13,15-17,19-23,25,27-31H2,1-2H3,(H,50,55)/b8-6+,18-14+,26-24+. The molecule has 0 aliphatic carbocycles. The van der Waals surface area contributed by atoms with Gasteiger partial charge in [0.05, 0.1) is 38.6 Å². The number of allylic oxidation sites excluding steroid dienone is 5. The molecule has 19 heteroatoms. The van der Waals surface area contributed by atoms with Crippen LogP contribution in [0.15, 0.2) is 36.5 Å². The molecule has 3 fully saturated rings. The van der Waals surface area contributed by atoms with Crippen molar-refractivity contribution < 1.29 is 89.4 Å². The lowest BCUT2D eigenvalue weighted by Gasteiger charge is -2.48. The van der Waals surface area contributed by atoms with Crippen molar-refractivity contribution in [1.29, 1.82) is 0 Å². The van der Waals surface area contributed by atoms with E-state index in [9.17, 15) is 61.0 Å². The van der Waals surface area contributed by atoms with Gasteiger partial charge in [-0.15, -0.1) is 0 Å². The maximum atomic E-state index is 13.2. The van der Waals surface area contributed by atoms with Crippen LogP contribution in [-0.4, -0.2) is 193 Å². The predicted octanol–water partition coefficient (Wildman–Crippen LogP) is 1.42. The lowest BCUT2D eigenvalue weighted by Crippen LogP contribution is -2.66. The predicted molar refractivity (Wildman–Crippen MR) is 249 cm³/mol. The van der Waals surface area contributed by atoms with Gasteiger partial charge in [-0.25, -0.2) is 0 Å². The summed E-state index contributed by atoms with van der Waals surface area (Å²) >= 11 is 0. The van der Waals surface area contributed by atoms with Gasteiger partial charge in [-0.1, -0.05) is 127 Å². The summed E-state index contributed by atoms with van der Waals surface area (Å²) in [7, 11) is 0. The number of rotatable bonds is 34. The molecular weight excluding hydrogens is 891 g/mol. The van der Waals surface area contributed by atoms with E-state index < -0.39 is 124 Å². The number of carbonyl (C=O) groups excluding carboxylic acids is 1. The van der Waals surface area contributed by atoms with Crippen LogP contribution in [0.1, 0.15) is 136 Å². The Hall–Kier alpha value is -1.99. The Morgan fingerprint density at radius 1 is 0.529 bits per heavy atom. The topological polar surface area (TPSA) is 307 Å². The molecule has 19 nitrogen and oxygen atoms in total.